The Morgan fingerprint density at radius 2 is 1.72 bits per heavy atom. The van der Waals surface area contributed by atoms with Crippen LogP contribution in [0.2, 0.25) is 0 Å². The molecule has 36 heavy (non-hydrogen) atoms. The number of nitrogen functional groups attached to an aromatic ring is 1. The molecular weight excluding hydrogens is 486 g/mol. The summed E-state index contributed by atoms with van der Waals surface area (Å²) in [6.45, 7) is 5.58. The second-order valence-corrected chi connectivity index (χ2v) is 9.09. The summed E-state index contributed by atoms with van der Waals surface area (Å²) in [7, 11) is 3.17. The van der Waals surface area contributed by atoms with Crippen molar-refractivity contribution in [1.82, 2.24) is 14.9 Å². The molecule has 0 amide bonds. The second kappa shape index (κ2) is 10.4. The zero-order valence-corrected chi connectivity index (χ0v) is 21.5. The minimum absolute atomic E-state index is 0. The van der Waals surface area contributed by atoms with Crippen LogP contribution in [0.4, 0.5) is 11.8 Å². The van der Waals surface area contributed by atoms with Crippen LogP contribution in [-0.4, -0.2) is 85.2 Å². The van der Waals surface area contributed by atoms with Gasteiger partial charge in [0.1, 0.15) is 18.5 Å². The highest BCUT2D eigenvalue weighted by molar-refractivity contribution is 5.91. The Bertz CT molecular complexity index is 1220. The summed E-state index contributed by atoms with van der Waals surface area (Å²) in [6, 6.07) is 11.1. The maximum Gasteiger partial charge on any atom is 0.227 e. The molecule has 10 nitrogen and oxygen atoms in total. The zero-order chi connectivity index (χ0) is 24.6. The molecule has 0 aliphatic carbocycles. The summed E-state index contributed by atoms with van der Waals surface area (Å²) in [5, 5.41) is 11.7. The van der Waals surface area contributed by atoms with Gasteiger partial charge in [0.15, 0.2) is 28.6 Å². The summed E-state index contributed by atoms with van der Waals surface area (Å²) in [5.41, 5.74) is 6.14. The highest BCUT2D eigenvalue weighted by Crippen LogP contribution is 2.37. The topological polar surface area (TPSA) is 115 Å². The predicted molar refractivity (Wildman–Crippen MR) is 140 cm³/mol. The van der Waals surface area contributed by atoms with Crippen LogP contribution in [0, 0.1) is 0 Å². The normalized spacial score (nSPS) is 20.5. The van der Waals surface area contributed by atoms with Crippen LogP contribution in [0.25, 0.3) is 10.9 Å². The number of methoxy groups -OCH3 is 2. The number of nitrogens with two attached hydrogens (primary N) is 1. The number of nitrogens with zero attached hydrogens (tertiary/aromatic N) is 4. The third-order valence-corrected chi connectivity index (χ3v) is 6.72. The molecular formula is C25H32ClN5O5. The Labute approximate surface area is 216 Å². The Kier molecular flexibility index (Phi) is 7.49. The third kappa shape index (κ3) is 4.88. The molecule has 3 aromatic rings. The SMILES string of the molecule is COc1cc2nc(N3CCN(CC(O)C4(C)COc5ccccc5O4)CC3)nc(N)c2cc1OC.Cl. The Morgan fingerprint density at radius 1 is 1.06 bits per heavy atom. The molecule has 2 aliphatic rings. The fraction of sp³-hybridized carbons (Fsp3) is 0.440. The van der Waals surface area contributed by atoms with Gasteiger partial charge in [0.05, 0.1) is 19.7 Å². The number of benzene rings is 2. The van der Waals surface area contributed by atoms with E-state index >= 15 is 0 Å². The van der Waals surface area contributed by atoms with Gasteiger partial charge in [0.2, 0.25) is 5.95 Å². The van der Waals surface area contributed by atoms with Crippen molar-refractivity contribution in [1.29, 1.82) is 0 Å². The number of fused-ring (bicyclic) bond motifs is 2. The average Bonchev–Trinajstić information content (AvgIpc) is 2.88. The van der Waals surface area contributed by atoms with E-state index in [1.54, 1.807) is 20.3 Å². The maximum absolute atomic E-state index is 11.0. The van der Waals surface area contributed by atoms with E-state index in [4.69, 9.17) is 29.7 Å². The molecule has 1 fully saturated rings. The van der Waals surface area contributed by atoms with Crippen molar-refractivity contribution in [2.45, 2.75) is 18.6 Å². The number of aliphatic hydroxyl groups excluding tert-OH is 1. The van der Waals surface area contributed by atoms with Gasteiger partial charge in [-0.3, -0.25) is 4.90 Å². The smallest absolute Gasteiger partial charge is 0.227 e. The first kappa shape index (κ1) is 25.9. The van der Waals surface area contributed by atoms with Crippen molar-refractivity contribution in [3.63, 3.8) is 0 Å². The van der Waals surface area contributed by atoms with Crippen molar-refractivity contribution in [2.24, 2.45) is 0 Å². The van der Waals surface area contributed by atoms with Crippen molar-refractivity contribution in [2.75, 3.05) is 64.2 Å². The first-order valence-electron chi connectivity index (χ1n) is 11.7. The van der Waals surface area contributed by atoms with Crippen molar-refractivity contribution in [3.8, 4) is 23.0 Å². The number of aromatic nitrogens is 2. The number of halogens is 1. The van der Waals surface area contributed by atoms with E-state index in [2.05, 4.69) is 14.8 Å². The van der Waals surface area contributed by atoms with E-state index in [1.807, 2.05) is 37.3 Å². The van der Waals surface area contributed by atoms with Crippen LogP contribution >= 0.6 is 12.4 Å². The van der Waals surface area contributed by atoms with Crippen molar-refractivity contribution < 1.29 is 24.1 Å². The minimum Gasteiger partial charge on any atom is -0.493 e. The average molecular weight is 518 g/mol. The third-order valence-electron chi connectivity index (χ3n) is 6.72. The van der Waals surface area contributed by atoms with Gasteiger partial charge in [-0.05, 0) is 25.1 Å². The first-order valence-corrected chi connectivity index (χ1v) is 11.7. The number of aliphatic hydroxyl groups is 1. The number of ether oxygens (including phenoxy) is 4. The van der Waals surface area contributed by atoms with Crippen LogP contribution in [-0.2, 0) is 0 Å². The van der Waals surface area contributed by atoms with E-state index in [1.165, 1.54) is 0 Å². The minimum atomic E-state index is -0.818. The van der Waals surface area contributed by atoms with Crippen LogP contribution in [0.3, 0.4) is 0 Å². The van der Waals surface area contributed by atoms with Gasteiger partial charge in [-0.15, -0.1) is 12.4 Å². The lowest BCUT2D eigenvalue weighted by atomic mass is 9.97. The Hall–Kier alpha value is -3.21. The fourth-order valence-corrected chi connectivity index (χ4v) is 4.50. The predicted octanol–water partition coefficient (Wildman–Crippen LogP) is 2.36. The number of para-hydroxylation sites is 2. The largest absolute Gasteiger partial charge is 0.493 e. The van der Waals surface area contributed by atoms with E-state index in [0.717, 1.165) is 18.5 Å². The molecule has 0 saturated carbocycles. The van der Waals surface area contributed by atoms with Gasteiger partial charge in [-0.1, -0.05) is 12.1 Å². The van der Waals surface area contributed by atoms with Gasteiger partial charge in [0.25, 0.3) is 0 Å². The number of rotatable bonds is 6. The number of hydrogen-bond donors (Lipinski definition) is 2. The van der Waals surface area contributed by atoms with Gasteiger partial charge in [-0.2, -0.15) is 4.98 Å². The zero-order valence-electron chi connectivity index (χ0n) is 20.6. The van der Waals surface area contributed by atoms with E-state index in [-0.39, 0.29) is 12.4 Å². The van der Waals surface area contributed by atoms with Crippen LogP contribution in [0.15, 0.2) is 36.4 Å². The molecule has 3 heterocycles. The highest BCUT2D eigenvalue weighted by atomic mass is 35.5. The summed E-state index contributed by atoms with van der Waals surface area (Å²) < 4.78 is 22.8. The van der Waals surface area contributed by atoms with E-state index < -0.39 is 11.7 Å². The molecule has 3 N–H and O–H groups in total. The first-order chi connectivity index (χ1) is 16.9. The molecule has 1 aromatic heterocycles. The molecule has 0 spiro atoms. The number of anilines is 2. The molecule has 11 heteroatoms. The maximum atomic E-state index is 11.0. The lowest BCUT2D eigenvalue weighted by Gasteiger charge is -2.42. The van der Waals surface area contributed by atoms with Crippen LogP contribution < -0.4 is 29.6 Å². The summed E-state index contributed by atoms with van der Waals surface area (Å²) in [5.74, 6) is 3.51. The second-order valence-electron chi connectivity index (χ2n) is 9.09. The van der Waals surface area contributed by atoms with Gasteiger partial charge >= 0.3 is 0 Å². The molecule has 2 aromatic carbocycles. The lowest BCUT2D eigenvalue weighted by molar-refractivity contribution is -0.0938. The molecule has 0 bridgehead atoms. The molecule has 2 aliphatic heterocycles. The Balaban J connectivity index is 0.00000304. The van der Waals surface area contributed by atoms with Crippen molar-refractivity contribution >= 4 is 35.1 Å². The van der Waals surface area contributed by atoms with Gasteiger partial charge in [0, 0.05) is 44.2 Å². The summed E-state index contributed by atoms with van der Waals surface area (Å²) in [6.07, 6.45) is -0.711. The molecule has 0 radical (unpaired) electrons. The molecule has 2 atom stereocenters. The molecule has 1 saturated heterocycles. The molecule has 2 unspecified atom stereocenters. The number of piperazine rings is 1. The van der Waals surface area contributed by atoms with Crippen molar-refractivity contribution in [3.05, 3.63) is 36.4 Å². The fourth-order valence-electron chi connectivity index (χ4n) is 4.50. The standard InChI is InChI=1S/C25H31N5O5.ClH/c1-25(15-34-18-6-4-5-7-19(18)35-25)22(31)14-29-8-10-30(11-9-29)24-27-17-13-21(33-3)20(32-2)12-16(17)23(26)28-24;/h4-7,12-13,22,31H,8-11,14-15H2,1-3H3,(H2,26,27,28);1H. The highest BCUT2D eigenvalue weighted by Gasteiger charge is 2.41. The van der Waals surface area contributed by atoms with Crippen LogP contribution in [0.1, 0.15) is 6.92 Å². The van der Waals surface area contributed by atoms with Crippen LogP contribution in [0.5, 0.6) is 23.0 Å². The number of hydrogen-bond acceptors (Lipinski definition) is 10. The summed E-state index contributed by atoms with van der Waals surface area (Å²) in [4.78, 5) is 13.6. The molecule has 194 valence electrons. The van der Waals surface area contributed by atoms with Gasteiger partial charge in [-0.25, -0.2) is 4.98 Å². The quantitative estimate of drug-likeness (QED) is 0.504. The number of β-amino-alcohol motifs (C(OH)–C–C–N with tert-alkyl or cyclic N) is 1. The summed E-state index contributed by atoms with van der Waals surface area (Å²) >= 11 is 0. The van der Waals surface area contributed by atoms with E-state index in [0.29, 0.717) is 66.5 Å². The lowest BCUT2D eigenvalue weighted by Crippen LogP contribution is -2.58. The van der Waals surface area contributed by atoms with E-state index in [9.17, 15) is 5.11 Å². The monoisotopic (exact) mass is 517 g/mol. The van der Waals surface area contributed by atoms with Gasteiger partial charge < -0.3 is 34.7 Å². The molecule has 5 rings (SSSR count). The Morgan fingerprint density at radius 3 is 2.42 bits per heavy atom.